The van der Waals surface area contributed by atoms with Gasteiger partial charge in [-0.1, -0.05) is 35.9 Å². The standard InChI is InChI=1S/C21H22N2O6S/c1-3-29-21(26)18(19(22)23-20(25)15-7-5-4-6-8-15)17(24)13-30(27,28)16-11-9-14(2)10-12-16/h4-12,24H,3,13H2,1-2H3,(H2,22,23,25). The van der Waals surface area contributed by atoms with Gasteiger partial charge in [0.05, 0.1) is 11.5 Å². The molecule has 0 aromatic heterocycles. The van der Waals surface area contributed by atoms with E-state index in [1.165, 1.54) is 31.2 Å². The lowest BCUT2D eigenvalue weighted by molar-refractivity contribution is -0.138. The molecule has 0 heterocycles. The molecule has 0 saturated heterocycles. The maximum absolute atomic E-state index is 12.6. The van der Waals surface area contributed by atoms with E-state index in [1.54, 1.807) is 37.3 Å². The summed E-state index contributed by atoms with van der Waals surface area (Å²) in [5, 5.41) is 20.7. The summed E-state index contributed by atoms with van der Waals surface area (Å²) in [4.78, 5) is 24.5. The van der Waals surface area contributed by atoms with Crippen LogP contribution < -0.4 is 5.32 Å². The molecular weight excluding hydrogens is 408 g/mol. The van der Waals surface area contributed by atoms with E-state index in [2.05, 4.69) is 5.32 Å². The normalized spacial score (nSPS) is 11.9. The zero-order valence-corrected chi connectivity index (χ0v) is 17.3. The molecule has 0 saturated carbocycles. The SMILES string of the molecule is CCOC(=O)C(C(=N)NC(=O)c1ccccc1)=C(O)CS(=O)(=O)c1ccc(C)cc1. The highest BCUT2D eigenvalue weighted by molar-refractivity contribution is 7.91. The van der Waals surface area contributed by atoms with Gasteiger partial charge in [-0.15, -0.1) is 0 Å². The summed E-state index contributed by atoms with van der Waals surface area (Å²) in [5.41, 5.74) is 0.348. The van der Waals surface area contributed by atoms with Gasteiger partial charge in [0.2, 0.25) is 0 Å². The van der Waals surface area contributed by atoms with Gasteiger partial charge in [0, 0.05) is 5.56 Å². The molecule has 0 aliphatic heterocycles. The molecule has 30 heavy (non-hydrogen) atoms. The van der Waals surface area contributed by atoms with Crippen LogP contribution in [0.1, 0.15) is 22.8 Å². The maximum Gasteiger partial charge on any atom is 0.345 e. The minimum atomic E-state index is -4.01. The Morgan fingerprint density at radius 1 is 1.07 bits per heavy atom. The highest BCUT2D eigenvalue weighted by Gasteiger charge is 2.27. The van der Waals surface area contributed by atoms with Gasteiger partial charge in [0.15, 0.2) is 9.84 Å². The summed E-state index contributed by atoms with van der Waals surface area (Å²) in [6.45, 7) is 3.24. The first-order chi connectivity index (χ1) is 14.2. The zero-order chi connectivity index (χ0) is 22.3. The van der Waals surface area contributed by atoms with E-state index in [-0.39, 0.29) is 17.1 Å². The van der Waals surface area contributed by atoms with E-state index in [1.807, 2.05) is 0 Å². The molecule has 8 nitrogen and oxygen atoms in total. The van der Waals surface area contributed by atoms with Crippen LogP contribution in [0.3, 0.4) is 0 Å². The van der Waals surface area contributed by atoms with Crippen molar-refractivity contribution in [1.29, 1.82) is 5.41 Å². The van der Waals surface area contributed by atoms with Crippen molar-refractivity contribution in [3.05, 3.63) is 77.1 Å². The third kappa shape index (κ3) is 5.77. The van der Waals surface area contributed by atoms with E-state index in [4.69, 9.17) is 10.1 Å². The molecule has 0 spiro atoms. The largest absolute Gasteiger partial charge is 0.510 e. The fraction of sp³-hybridized carbons (Fsp3) is 0.190. The fourth-order valence-electron chi connectivity index (χ4n) is 2.49. The maximum atomic E-state index is 12.6. The average molecular weight is 430 g/mol. The Kier molecular flexibility index (Phi) is 7.48. The topological polar surface area (TPSA) is 134 Å². The Morgan fingerprint density at radius 2 is 1.67 bits per heavy atom. The number of hydrogen-bond acceptors (Lipinski definition) is 7. The zero-order valence-electron chi connectivity index (χ0n) is 16.5. The van der Waals surface area contributed by atoms with Crippen molar-refractivity contribution in [2.24, 2.45) is 0 Å². The summed E-state index contributed by atoms with van der Waals surface area (Å²) >= 11 is 0. The second-order valence-electron chi connectivity index (χ2n) is 6.31. The molecule has 2 rings (SSSR count). The lowest BCUT2D eigenvalue weighted by atomic mass is 10.1. The first-order valence-electron chi connectivity index (χ1n) is 8.99. The molecule has 0 fully saturated rings. The van der Waals surface area contributed by atoms with Crippen molar-refractivity contribution in [3.63, 3.8) is 0 Å². The molecular formula is C21H22N2O6S. The molecule has 3 N–H and O–H groups in total. The molecule has 1 amide bonds. The monoisotopic (exact) mass is 430 g/mol. The molecule has 158 valence electrons. The van der Waals surface area contributed by atoms with Gasteiger partial charge >= 0.3 is 5.97 Å². The minimum Gasteiger partial charge on any atom is -0.510 e. The van der Waals surface area contributed by atoms with Gasteiger partial charge in [-0.05, 0) is 38.1 Å². The smallest absolute Gasteiger partial charge is 0.345 e. The predicted molar refractivity (Wildman–Crippen MR) is 111 cm³/mol. The summed E-state index contributed by atoms with van der Waals surface area (Å²) in [7, 11) is -4.01. The number of sulfone groups is 1. The lowest BCUT2D eigenvalue weighted by Gasteiger charge is -2.13. The second kappa shape index (κ2) is 9.84. The third-order valence-corrected chi connectivity index (χ3v) is 5.64. The van der Waals surface area contributed by atoms with E-state index >= 15 is 0 Å². The fourth-order valence-corrected chi connectivity index (χ4v) is 3.71. The summed E-state index contributed by atoms with van der Waals surface area (Å²) in [6, 6.07) is 13.9. The number of aryl methyl sites for hydroxylation is 1. The van der Waals surface area contributed by atoms with Gasteiger partial charge in [0.25, 0.3) is 5.91 Å². The third-order valence-electron chi connectivity index (χ3n) is 4.00. The van der Waals surface area contributed by atoms with Crippen LogP contribution in [-0.4, -0.2) is 43.6 Å². The van der Waals surface area contributed by atoms with Crippen LogP contribution in [0.25, 0.3) is 0 Å². The van der Waals surface area contributed by atoms with E-state index in [0.717, 1.165) is 5.56 Å². The average Bonchev–Trinajstić information content (AvgIpc) is 2.68. The number of ether oxygens (including phenoxy) is 1. The number of aliphatic hydroxyl groups excluding tert-OH is 1. The second-order valence-corrected chi connectivity index (χ2v) is 8.30. The van der Waals surface area contributed by atoms with Crippen LogP contribution in [-0.2, 0) is 19.4 Å². The summed E-state index contributed by atoms with van der Waals surface area (Å²) < 4.78 is 30.0. The van der Waals surface area contributed by atoms with Crippen molar-refractivity contribution in [2.45, 2.75) is 18.7 Å². The van der Waals surface area contributed by atoms with Crippen LogP contribution in [0.15, 0.2) is 70.8 Å². The molecule has 0 unspecified atom stereocenters. The highest BCUT2D eigenvalue weighted by atomic mass is 32.2. The van der Waals surface area contributed by atoms with Crippen molar-refractivity contribution in [3.8, 4) is 0 Å². The van der Waals surface area contributed by atoms with Crippen LogP contribution in [0, 0.1) is 12.3 Å². The summed E-state index contributed by atoms with van der Waals surface area (Å²) in [6.07, 6.45) is 0. The number of nitrogens with one attached hydrogen (secondary N) is 2. The molecule has 0 aliphatic carbocycles. The Hall–Kier alpha value is -3.46. The molecule has 2 aromatic rings. The first kappa shape index (κ1) is 22.8. The van der Waals surface area contributed by atoms with Gasteiger partial charge in [0.1, 0.15) is 22.9 Å². The number of benzene rings is 2. The molecule has 2 aromatic carbocycles. The molecule has 0 radical (unpaired) electrons. The number of amides is 1. The number of esters is 1. The van der Waals surface area contributed by atoms with Crippen LogP contribution >= 0.6 is 0 Å². The molecule has 9 heteroatoms. The van der Waals surface area contributed by atoms with Crippen LogP contribution in [0.5, 0.6) is 0 Å². The highest BCUT2D eigenvalue weighted by Crippen LogP contribution is 2.17. The number of amidine groups is 1. The Morgan fingerprint density at radius 3 is 2.23 bits per heavy atom. The number of carbonyl (C=O) groups excluding carboxylic acids is 2. The summed E-state index contributed by atoms with van der Waals surface area (Å²) in [5.74, 6) is -4.41. The lowest BCUT2D eigenvalue weighted by Crippen LogP contribution is -2.35. The first-order valence-corrected chi connectivity index (χ1v) is 10.6. The Labute approximate surface area is 174 Å². The van der Waals surface area contributed by atoms with Gasteiger partial charge < -0.3 is 15.2 Å². The van der Waals surface area contributed by atoms with Crippen LogP contribution in [0.4, 0.5) is 0 Å². The predicted octanol–water partition coefficient (Wildman–Crippen LogP) is 2.55. The van der Waals surface area contributed by atoms with Gasteiger partial charge in [-0.2, -0.15) is 0 Å². The number of aliphatic hydroxyl groups is 1. The van der Waals surface area contributed by atoms with Crippen molar-refractivity contribution in [2.75, 3.05) is 12.4 Å². The van der Waals surface area contributed by atoms with Crippen molar-refractivity contribution in [1.82, 2.24) is 5.32 Å². The quantitative estimate of drug-likeness (QED) is 0.203. The van der Waals surface area contributed by atoms with E-state index in [9.17, 15) is 23.1 Å². The van der Waals surface area contributed by atoms with Crippen LogP contribution in [0.2, 0.25) is 0 Å². The Bertz CT molecular complexity index is 1070. The Balaban J connectivity index is 2.35. The molecule has 0 aliphatic rings. The number of hydrogen-bond donors (Lipinski definition) is 3. The molecule has 0 bridgehead atoms. The van der Waals surface area contributed by atoms with Gasteiger partial charge in [-0.25, -0.2) is 13.2 Å². The molecule has 0 atom stereocenters. The van der Waals surface area contributed by atoms with Crippen molar-refractivity contribution >= 4 is 27.5 Å². The van der Waals surface area contributed by atoms with E-state index in [0.29, 0.717) is 0 Å². The van der Waals surface area contributed by atoms with Crippen molar-refractivity contribution < 1.29 is 27.9 Å². The van der Waals surface area contributed by atoms with Gasteiger partial charge in [-0.3, -0.25) is 10.2 Å². The van der Waals surface area contributed by atoms with E-state index < -0.39 is 44.6 Å². The number of rotatable bonds is 7. The number of carbonyl (C=O) groups is 2. The minimum absolute atomic E-state index is 0.0530.